The second-order valence-corrected chi connectivity index (χ2v) is 3.00. The lowest BCUT2D eigenvalue weighted by atomic mass is 10.1. The van der Waals surface area contributed by atoms with Crippen molar-refractivity contribution in [3.63, 3.8) is 0 Å². The molecule has 0 aliphatic carbocycles. The summed E-state index contributed by atoms with van der Waals surface area (Å²) in [6, 6.07) is -0.530. The van der Waals surface area contributed by atoms with Crippen LogP contribution in [-0.4, -0.2) is 31.8 Å². The van der Waals surface area contributed by atoms with Crippen LogP contribution in [0.25, 0.3) is 0 Å². The summed E-state index contributed by atoms with van der Waals surface area (Å²) in [5.41, 5.74) is 5.55. The number of ether oxygens (including phenoxy) is 2. The van der Waals surface area contributed by atoms with Crippen molar-refractivity contribution in [2.24, 2.45) is 5.73 Å². The first-order valence-electron chi connectivity index (χ1n) is 4.19. The van der Waals surface area contributed by atoms with E-state index in [0.717, 1.165) is 19.4 Å². The third-order valence-corrected chi connectivity index (χ3v) is 2.04. The molecule has 1 aliphatic rings. The lowest BCUT2D eigenvalue weighted by molar-refractivity contribution is -0.143. The van der Waals surface area contributed by atoms with Crippen LogP contribution in [0.3, 0.4) is 0 Å². The molecule has 2 N–H and O–H groups in total. The highest BCUT2D eigenvalue weighted by Gasteiger charge is 2.22. The van der Waals surface area contributed by atoms with E-state index in [-0.39, 0.29) is 12.1 Å². The van der Waals surface area contributed by atoms with Crippen LogP contribution in [0.15, 0.2) is 0 Å². The Balaban J connectivity index is 2.24. The predicted octanol–water partition coefficient (Wildman–Crippen LogP) is 0.0558. The Morgan fingerprint density at radius 1 is 1.83 bits per heavy atom. The number of hydrogen-bond donors (Lipinski definition) is 1. The highest BCUT2D eigenvalue weighted by molar-refractivity contribution is 5.75. The molecule has 0 amide bonds. The predicted molar refractivity (Wildman–Crippen MR) is 43.6 cm³/mol. The average molecular weight is 173 g/mol. The fraction of sp³-hybridized carbons (Fsp3) is 0.875. The quantitative estimate of drug-likeness (QED) is 0.613. The monoisotopic (exact) mass is 173 g/mol. The molecular weight excluding hydrogens is 158 g/mol. The Morgan fingerprint density at radius 2 is 2.58 bits per heavy atom. The van der Waals surface area contributed by atoms with E-state index in [9.17, 15) is 4.79 Å². The van der Waals surface area contributed by atoms with Gasteiger partial charge >= 0.3 is 5.97 Å². The molecule has 1 saturated heterocycles. The van der Waals surface area contributed by atoms with Gasteiger partial charge in [0.1, 0.15) is 6.04 Å². The van der Waals surface area contributed by atoms with Gasteiger partial charge in [-0.1, -0.05) is 0 Å². The molecule has 12 heavy (non-hydrogen) atoms. The van der Waals surface area contributed by atoms with Crippen LogP contribution in [0.4, 0.5) is 0 Å². The van der Waals surface area contributed by atoms with E-state index in [1.165, 1.54) is 7.11 Å². The fourth-order valence-corrected chi connectivity index (χ4v) is 1.36. The molecule has 0 bridgehead atoms. The number of esters is 1. The highest BCUT2D eigenvalue weighted by Crippen LogP contribution is 2.16. The molecule has 0 unspecified atom stereocenters. The van der Waals surface area contributed by atoms with Crippen molar-refractivity contribution in [1.29, 1.82) is 0 Å². The third-order valence-electron chi connectivity index (χ3n) is 2.04. The zero-order chi connectivity index (χ0) is 8.97. The molecule has 1 rings (SSSR count). The Hall–Kier alpha value is -0.610. The lowest BCUT2D eigenvalue weighted by Gasteiger charge is -2.13. The molecule has 4 heteroatoms. The maximum absolute atomic E-state index is 10.9. The maximum Gasteiger partial charge on any atom is 0.322 e. The van der Waals surface area contributed by atoms with Crippen LogP contribution in [0.1, 0.15) is 19.3 Å². The number of rotatable bonds is 3. The maximum atomic E-state index is 10.9. The van der Waals surface area contributed by atoms with Crippen LogP contribution in [0.5, 0.6) is 0 Å². The molecule has 0 aromatic heterocycles. The van der Waals surface area contributed by atoms with Gasteiger partial charge in [-0.2, -0.15) is 0 Å². The molecular formula is C8H15NO3. The van der Waals surface area contributed by atoms with E-state index in [0.29, 0.717) is 6.42 Å². The van der Waals surface area contributed by atoms with Gasteiger partial charge in [0, 0.05) is 6.61 Å². The molecule has 1 fully saturated rings. The molecule has 1 aliphatic heterocycles. The van der Waals surface area contributed by atoms with E-state index < -0.39 is 6.04 Å². The molecule has 0 radical (unpaired) electrons. The Morgan fingerprint density at radius 3 is 3.08 bits per heavy atom. The van der Waals surface area contributed by atoms with E-state index in [1.807, 2.05) is 0 Å². The molecule has 70 valence electrons. The molecule has 2 atom stereocenters. The summed E-state index contributed by atoms with van der Waals surface area (Å²) in [6.07, 6.45) is 2.80. The Kier molecular flexibility index (Phi) is 3.49. The number of hydrogen-bond acceptors (Lipinski definition) is 4. The van der Waals surface area contributed by atoms with E-state index in [2.05, 4.69) is 4.74 Å². The average Bonchev–Trinajstić information content (AvgIpc) is 2.55. The van der Waals surface area contributed by atoms with Crippen molar-refractivity contribution in [3.8, 4) is 0 Å². The van der Waals surface area contributed by atoms with Gasteiger partial charge in [-0.3, -0.25) is 4.79 Å². The molecule has 0 spiro atoms. The van der Waals surface area contributed by atoms with E-state index >= 15 is 0 Å². The van der Waals surface area contributed by atoms with Gasteiger partial charge in [-0.15, -0.1) is 0 Å². The van der Waals surface area contributed by atoms with Crippen molar-refractivity contribution in [2.45, 2.75) is 31.4 Å². The minimum Gasteiger partial charge on any atom is -0.468 e. The number of methoxy groups -OCH3 is 1. The third kappa shape index (κ3) is 2.46. The first kappa shape index (κ1) is 9.48. The summed E-state index contributed by atoms with van der Waals surface area (Å²) < 4.78 is 9.83. The van der Waals surface area contributed by atoms with Crippen LogP contribution in [0, 0.1) is 0 Å². The summed E-state index contributed by atoms with van der Waals surface area (Å²) in [5, 5.41) is 0. The second kappa shape index (κ2) is 4.42. The zero-order valence-corrected chi connectivity index (χ0v) is 7.29. The normalized spacial score (nSPS) is 25.3. The number of carbonyl (C=O) groups excluding carboxylic acids is 1. The van der Waals surface area contributed by atoms with Crippen molar-refractivity contribution >= 4 is 5.97 Å². The molecule has 4 nitrogen and oxygen atoms in total. The highest BCUT2D eigenvalue weighted by atomic mass is 16.5. The molecule has 1 heterocycles. The molecule has 0 saturated carbocycles. The van der Waals surface area contributed by atoms with Crippen molar-refractivity contribution in [1.82, 2.24) is 0 Å². The fourth-order valence-electron chi connectivity index (χ4n) is 1.36. The number of carbonyl (C=O) groups is 1. The van der Waals surface area contributed by atoms with Gasteiger partial charge < -0.3 is 15.2 Å². The van der Waals surface area contributed by atoms with Crippen molar-refractivity contribution in [2.75, 3.05) is 13.7 Å². The van der Waals surface area contributed by atoms with Crippen LogP contribution in [-0.2, 0) is 14.3 Å². The first-order valence-corrected chi connectivity index (χ1v) is 4.19. The van der Waals surface area contributed by atoms with Gasteiger partial charge in [0.15, 0.2) is 0 Å². The zero-order valence-electron chi connectivity index (χ0n) is 7.29. The van der Waals surface area contributed by atoms with Crippen LogP contribution < -0.4 is 5.73 Å². The molecule has 0 aromatic rings. The largest absolute Gasteiger partial charge is 0.468 e. The van der Waals surface area contributed by atoms with Gasteiger partial charge in [0.25, 0.3) is 0 Å². The summed E-state index contributed by atoms with van der Waals surface area (Å²) in [4.78, 5) is 10.9. The Labute approximate surface area is 72.0 Å². The lowest BCUT2D eigenvalue weighted by Crippen LogP contribution is -2.34. The first-order chi connectivity index (χ1) is 5.74. The van der Waals surface area contributed by atoms with Gasteiger partial charge in [-0.05, 0) is 19.3 Å². The topological polar surface area (TPSA) is 61.5 Å². The summed E-state index contributed by atoms with van der Waals surface area (Å²) in [7, 11) is 1.34. The second-order valence-electron chi connectivity index (χ2n) is 3.00. The minimum absolute atomic E-state index is 0.152. The van der Waals surface area contributed by atoms with Crippen LogP contribution in [0.2, 0.25) is 0 Å². The van der Waals surface area contributed by atoms with E-state index in [4.69, 9.17) is 10.5 Å². The van der Waals surface area contributed by atoms with Gasteiger partial charge in [0.2, 0.25) is 0 Å². The SMILES string of the molecule is COC(=O)[C@@H](N)C[C@H]1CCCO1. The standard InChI is InChI=1S/C8H15NO3/c1-11-8(10)7(9)5-6-3-2-4-12-6/h6-7H,2-5,9H2,1H3/t6-,7+/m1/s1. The van der Waals surface area contributed by atoms with E-state index in [1.54, 1.807) is 0 Å². The van der Waals surface area contributed by atoms with Gasteiger partial charge in [-0.25, -0.2) is 0 Å². The summed E-state index contributed by atoms with van der Waals surface area (Å²) >= 11 is 0. The minimum atomic E-state index is -0.530. The van der Waals surface area contributed by atoms with Crippen LogP contribution >= 0.6 is 0 Å². The van der Waals surface area contributed by atoms with Crippen molar-refractivity contribution in [3.05, 3.63) is 0 Å². The van der Waals surface area contributed by atoms with Crippen molar-refractivity contribution < 1.29 is 14.3 Å². The Bertz CT molecular complexity index is 154. The summed E-state index contributed by atoms with van der Waals surface area (Å²) in [6.45, 7) is 0.790. The van der Waals surface area contributed by atoms with Gasteiger partial charge in [0.05, 0.1) is 13.2 Å². The summed E-state index contributed by atoms with van der Waals surface area (Å²) in [5.74, 6) is -0.356. The number of nitrogens with two attached hydrogens (primary N) is 1. The molecule has 0 aromatic carbocycles. The smallest absolute Gasteiger partial charge is 0.322 e.